The lowest BCUT2D eigenvalue weighted by Gasteiger charge is -2.35. The summed E-state index contributed by atoms with van der Waals surface area (Å²) < 4.78 is 33.1. The molecular formula is C26H30F2N5O2+. The summed E-state index contributed by atoms with van der Waals surface area (Å²) in [7, 11) is 0. The number of fused-ring (bicyclic) bond motifs is 1. The second-order valence-corrected chi connectivity index (χ2v) is 9.54. The van der Waals surface area contributed by atoms with Crippen LogP contribution in [0.25, 0.3) is 11.2 Å². The van der Waals surface area contributed by atoms with E-state index in [1.165, 1.54) is 0 Å². The van der Waals surface area contributed by atoms with Gasteiger partial charge in [-0.15, -0.1) is 0 Å². The van der Waals surface area contributed by atoms with Gasteiger partial charge in [0, 0.05) is 36.6 Å². The Labute approximate surface area is 203 Å². The standard InChI is InChI=1S/C26H29F2N5O2/c1-5-32(4)21-10-8-12-26(27,28)23(21)31-24(34)19-15-17(11-13-25(2,3)35)22(30-19)18-16-29-33-14-7-6-9-20(18)33/h6-7,9,14,16,21,23,35H,4-5,8,10,12,15H2,1-3H3/p+1. The summed E-state index contributed by atoms with van der Waals surface area (Å²) in [5, 5.41) is 17.0. The maximum absolute atomic E-state index is 14.9. The molecule has 2 aromatic heterocycles. The van der Waals surface area contributed by atoms with Crippen molar-refractivity contribution >= 4 is 29.6 Å². The topological polar surface area (TPSA) is 82.0 Å². The number of carbonyl (C=O) groups is 1. The molecule has 2 aromatic rings. The average molecular weight is 483 g/mol. The first-order valence-corrected chi connectivity index (χ1v) is 11.7. The van der Waals surface area contributed by atoms with Gasteiger partial charge in [-0.25, -0.2) is 22.9 Å². The van der Waals surface area contributed by atoms with Crippen molar-refractivity contribution in [3.05, 3.63) is 41.7 Å². The van der Waals surface area contributed by atoms with E-state index in [4.69, 9.17) is 0 Å². The summed E-state index contributed by atoms with van der Waals surface area (Å²) in [6.45, 7) is 9.35. The minimum atomic E-state index is -3.05. The van der Waals surface area contributed by atoms with Crippen LogP contribution in [0.3, 0.4) is 0 Å². The Morgan fingerprint density at radius 2 is 2.20 bits per heavy atom. The Kier molecular flexibility index (Phi) is 6.60. The van der Waals surface area contributed by atoms with Gasteiger partial charge in [0.15, 0.2) is 12.1 Å². The molecular weight excluding hydrogens is 452 g/mol. The number of likely N-dealkylation sites (N-methyl/N-ethyl adjacent to an activating group) is 1. The number of hydrogen-bond donors (Lipinski definition) is 2. The van der Waals surface area contributed by atoms with Crippen LogP contribution in [0.2, 0.25) is 0 Å². The van der Waals surface area contributed by atoms with Crippen molar-refractivity contribution in [2.24, 2.45) is 4.99 Å². The number of nitrogens with one attached hydrogen (secondary N) is 1. The number of amides is 1. The number of hydrogen-bond acceptors (Lipinski definition) is 4. The molecule has 0 aromatic carbocycles. The molecule has 184 valence electrons. The number of aliphatic imine (C=N–C) groups is 1. The van der Waals surface area contributed by atoms with Gasteiger partial charge in [-0.05, 0) is 39.3 Å². The highest BCUT2D eigenvalue weighted by atomic mass is 19.3. The number of aromatic nitrogens is 2. The first-order chi connectivity index (χ1) is 16.5. The molecule has 35 heavy (non-hydrogen) atoms. The van der Waals surface area contributed by atoms with Crippen molar-refractivity contribution in [3.63, 3.8) is 0 Å². The monoisotopic (exact) mass is 482 g/mol. The molecule has 0 radical (unpaired) electrons. The van der Waals surface area contributed by atoms with Gasteiger partial charge in [-0.3, -0.25) is 4.79 Å². The maximum atomic E-state index is 14.9. The van der Waals surface area contributed by atoms with Gasteiger partial charge in [-0.2, -0.15) is 5.10 Å². The van der Waals surface area contributed by atoms with E-state index < -0.39 is 29.5 Å². The number of alkyl halides is 2. The molecule has 1 amide bonds. The molecule has 1 saturated carbocycles. The minimum absolute atomic E-state index is 0.0687. The summed E-state index contributed by atoms with van der Waals surface area (Å²) in [5.74, 6) is 2.01. The van der Waals surface area contributed by atoms with Gasteiger partial charge in [-0.1, -0.05) is 17.9 Å². The van der Waals surface area contributed by atoms with E-state index in [0.717, 1.165) is 5.52 Å². The molecule has 0 spiro atoms. The van der Waals surface area contributed by atoms with Gasteiger partial charge in [0.25, 0.3) is 11.8 Å². The van der Waals surface area contributed by atoms with E-state index in [1.807, 2.05) is 25.1 Å². The van der Waals surface area contributed by atoms with Crippen LogP contribution in [0.1, 0.15) is 52.0 Å². The molecule has 2 atom stereocenters. The highest BCUT2D eigenvalue weighted by Crippen LogP contribution is 2.36. The molecule has 1 aliphatic carbocycles. The molecule has 9 heteroatoms. The van der Waals surface area contributed by atoms with Crippen LogP contribution < -0.4 is 5.32 Å². The van der Waals surface area contributed by atoms with Gasteiger partial charge in [0.1, 0.15) is 24.6 Å². The summed E-state index contributed by atoms with van der Waals surface area (Å²) >= 11 is 0. The molecule has 7 nitrogen and oxygen atoms in total. The molecule has 1 fully saturated rings. The van der Waals surface area contributed by atoms with Crippen molar-refractivity contribution in [2.45, 2.75) is 70.1 Å². The molecule has 3 heterocycles. The number of pyridine rings is 1. The van der Waals surface area contributed by atoms with Gasteiger partial charge < -0.3 is 10.4 Å². The number of carbonyl (C=O) groups excluding carboxylic acids is 1. The van der Waals surface area contributed by atoms with E-state index in [2.05, 4.69) is 34.0 Å². The van der Waals surface area contributed by atoms with Crippen LogP contribution in [0.4, 0.5) is 8.78 Å². The van der Waals surface area contributed by atoms with E-state index >= 15 is 0 Å². The van der Waals surface area contributed by atoms with Crippen molar-refractivity contribution in [1.29, 1.82) is 0 Å². The molecule has 1 aliphatic heterocycles. The fourth-order valence-corrected chi connectivity index (χ4v) is 4.50. The zero-order valence-corrected chi connectivity index (χ0v) is 20.2. The van der Waals surface area contributed by atoms with Crippen molar-refractivity contribution in [3.8, 4) is 11.8 Å². The van der Waals surface area contributed by atoms with Crippen LogP contribution in [-0.4, -0.2) is 67.8 Å². The number of nitrogens with zero attached hydrogens (tertiary/aromatic N) is 4. The largest absolute Gasteiger partial charge is 0.378 e. The predicted molar refractivity (Wildman–Crippen MR) is 131 cm³/mol. The second kappa shape index (κ2) is 9.34. The van der Waals surface area contributed by atoms with E-state index in [1.54, 1.807) is 35.3 Å². The average Bonchev–Trinajstić information content (AvgIpc) is 3.41. The summed E-state index contributed by atoms with van der Waals surface area (Å²) in [6.07, 6.45) is 4.10. The third-order valence-corrected chi connectivity index (χ3v) is 6.35. The van der Waals surface area contributed by atoms with Crippen LogP contribution in [0, 0.1) is 11.8 Å². The maximum Gasteiger partial charge on any atom is 0.274 e. The molecule has 4 rings (SSSR count). The van der Waals surface area contributed by atoms with Crippen LogP contribution in [-0.2, 0) is 4.79 Å². The Hall–Kier alpha value is -3.38. The second-order valence-electron chi connectivity index (χ2n) is 9.54. The number of halogens is 2. The predicted octanol–water partition coefficient (Wildman–Crippen LogP) is 3.07. The normalized spacial score (nSPS) is 21.9. The zero-order chi connectivity index (χ0) is 25.4. The van der Waals surface area contributed by atoms with Gasteiger partial charge in [0.2, 0.25) is 0 Å². The first-order valence-electron chi connectivity index (χ1n) is 11.7. The lowest BCUT2D eigenvalue weighted by atomic mass is 9.86. The quantitative estimate of drug-likeness (QED) is 0.391. The Morgan fingerprint density at radius 1 is 1.43 bits per heavy atom. The first kappa shape index (κ1) is 24.7. The Balaban J connectivity index is 1.68. The van der Waals surface area contributed by atoms with Gasteiger partial charge >= 0.3 is 0 Å². The smallest absolute Gasteiger partial charge is 0.274 e. The highest BCUT2D eigenvalue weighted by molar-refractivity contribution is 6.41. The molecule has 0 bridgehead atoms. The van der Waals surface area contributed by atoms with Gasteiger partial charge in [0.05, 0.1) is 17.4 Å². The van der Waals surface area contributed by atoms with Crippen molar-refractivity contribution in [1.82, 2.24) is 14.9 Å². The van der Waals surface area contributed by atoms with Crippen LogP contribution >= 0.6 is 0 Å². The summed E-state index contributed by atoms with van der Waals surface area (Å²) in [5.41, 5.74) is 1.26. The third-order valence-electron chi connectivity index (χ3n) is 6.35. The van der Waals surface area contributed by atoms with Crippen LogP contribution in [0.15, 0.2) is 41.2 Å². The molecule has 2 N–H and O–H groups in total. The lowest BCUT2D eigenvalue weighted by Crippen LogP contribution is -2.60. The Bertz CT molecular complexity index is 1290. The van der Waals surface area contributed by atoms with E-state index in [-0.39, 0.29) is 18.6 Å². The van der Waals surface area contributed by atoms with E-state index in [9.17, 15) is 18.7 Å². The zero-order valence-electron chi connectivity index (χ0n) is 20.2. The SMILES string of the molecule is C=[N+](CC)C1CCCC(F)(F)C1NC(=O)C1=NC(c2cnn3ccccc23)=C(C#CC(C)(C)O)C1. The van der Waals surface area contributed by atoms with Crippen LogP contribution in [0.5, 0.6) is 0 Å². The Morgan fingerprint density at radius 3 is 2.91 bits per heavy atom. The fraction of sp³-hybridized carbons (Fsp3) is 0.462. The summed E-state index contributed by atoms with van der Waals surface area (Å²) in [6, 6.07) is 3.63. The number of aliphatic hydroxyl groups is 1. The van der Waals surface area contributed by atoms with E-state index in [0.29, 0.717) is 36.2 Å². The molecule has 0 saturated heterocycles. The highest BCUT2D eigenvalue weighted by Gasteiger charge is 2.52. The molecule has 2 aliphatic rings. The summed E-state index contributed by atoms with van der Waals surface area (Å²) in [4.78, 5) is 17.8. The van der Waals surface area contributed by atoms with Crippen molar-refractivity contribution in [2.75, 3.05) is 6.54 Å². The minimum Gasteiger partial charge on any atom is -0.378 e. The number of rotatable bonds is 5. The molecule has 2 unspecified atom stereocenters. The van der Waals surface area contributed by atoms with Crippen molar-refractivity contribution < 1.29 is 23.3 Å². The lowest BCUT2D eigenvalue weighted by molar-refractivity contribution is -0.566. The third kappa shape index (κ3) is 5.17. The number of allylic oxidation sites excluding steroid dienone is 1. The fourth-order valence-electron chi connectivity index (χ4n) is 4.50.